The van der Waals surface area contributed by atoms with Gasteiger partial charge in [-0.1, -0.05) is 44.0 Å². The Morgan fingerprint density at radius 2 is 1.68 bits per heavy atom. The fourth-order valence-corrected chi connectivity index (χ4v) is 6.21. The zero-order valence-electron chi connectivity index (χ0n) is 26.3. The molecule has 12 heteroatoms. The van der Waals surface area contributed by atoms with Gasteiger partial charge in [0.2, 0.25) is 12.2 Å². The van der Waals surface area contributed by atoms with Gasteiger partial charge in [0.05, 0.1) is 17.3 Å². The van der Waals surface area contributed by atoms with E-state index in [0.717, 1.165) is 50.5 Å². The van der Waals surface area contributed by atoms with Gasteiger partial charge in [0.15, 0.2) is 11.5 Å². The quantitative estimate of drug-likeness (QED) is 0.121. The third kappa shape index (κ3) is 7.43. The highest BCUT2D eigenvalue weighted by molar-refractivity contribution is 6.03. The number of benzene rings is 2. The first kappa shape index (κ1) is 31.7. The minimum absolute atomic E-state index is 0.140. The summed E-state index contributed by atoms with van der Waals surface area (Å²) < 4.78 is 18.6. The van der Waals surface area contributed by atoms with Crippen molar-refractivity contribution in [1.82, 2.24) is 24.6 Å². The average Bonchev–Trinajstić information content (AvgIpc) is 3.50. The molecule has 0 unspecified atom stereocenters. The molecule has 1 saturated heterocycles. The van der Waals surface area contributed by atoms with Crippen LogP contribution in [0.2, 0.25) is 0 Å². The van der Waals surface area contributed by atoms with Crippen LogP contribution in [0.4, 0.5) is 10.6 Å². The Kier molecular flexibility index (Phi) is 9.75. The number of para-hydroxylation sites is 1. The molecule has 0 spiro atoms. The second-order valence-corrected chi connectivity index (χ2v) is 11.8. The van der Waals surface area contributed by atoms with Crippen molar-refractivity contribution in [2.75, 3.05) is 18.4 Å². The topological polar surface area (TPSA) is 138 Å². The minimum atomic E-state index is -1.09. The summed E-state index contributed by atoms with van der Waals surface area (Å²) in [6.07, 6.45) is 6.95. The summed E-state index contributed by atoms with van der Waals surface area (Å²) in [5.74, 6) is 0.876. The van der Waals surface area contributed by atoms with E-state index in [9.17, 15) is 14.4 Å². The first-order valence-corrected chi connectivity index (χ1v) is 16.1. The summed E-state index contributed by atoms with van der Waals surface area (Å²) >= 11 is 0. The van der Waals surface area contributed by atoms with Gasteiger partial charge in [-0.3, -0.25) is 14.9 Å². The summed E-state index contributed by atoms with van der Waals surface area (Å²) in [6.45, 7) is 6.21. The molecule has 2 fully saturated rings. The van der Waals surface area contributed by atoms with Gasteiger partial charge in [0.25, 0.3) is 0 Å². The summed E-state index contributed by atoms with van der Waals surface area (Å²) in [5.41, 5.74) is 1.76. The van der Waals surface area contributed by atoms with Gasteiger partial charge in [-0.15, -0.1) is 0 Å². The Morgan fingerprint density at radius 1 is 0.936 bits per heavy atom. The van der Waals surface area contributed by atoms with Crippen LogP contribution in [0.5, 0.6) is 11.5 Å². The molecule has 2 atom stereocenters. The van der Waals surface area contributed by atoms with Crippen LogP contribution in [-0.2, 0) is 19.1 Å². The molecule has 0 radical (unpaired) electrons. The Bertz CT molecular complexity index is 1730. The highest BCUT2D eigenvalue weighted by Gasteiger charge is 2.29. The molecule has 2 amide bonds. The van der Waals surface area contributed by atoms with E-state index in [0.29, 0.717) is 41.3 Å². The Balaban J connectivity index is 1.28. The molecule has 1 aliphatic carbocycles. The number of nitrogens with zero attached hydrogens (tertiary/aromatic N) is 5. The average molecular weight is 639 g/mol. The monoisotopic (exact) mass is 638 g/mol. The number of nitrogens with one attached hydrogen (secondary N) is 1. The lowest BCUT2D eigenvalue weighted by molar-refractivity contribution is -0.170. The van der Waals surface area contributed by atoms with Crippen LogP contribution >= 0.6 is 0 Å². The molecule has 47 heavy (non-hydrogen) atoms. The van der Waals surface area contributed by atoms with Crippen LogP contribution in [0, 0.1) is 5.92 Å². The number of carbonyl (C=O) groups excluding carboxylic acids is 3. The van der Waals surface area contributed by atoms with Crippen LogP contribution in [-0.4, -0.2) is 62.0 Å². The number of rotatable bonds is 9. The second-order valence-electron chi connectivity index (χ2n) is 11.8. The highest BCUT2D eigenvalue weighted by atomic mass is 16.7. The van der Waals surface area contributed by atoms with E-state index in [1.807, 2.05) is 54.6 Å². The van der Waals surface area contributed by atoms with Gasteiger partial charge in [-0.05, 0) is 68.2 Å². The van der Waals surface area contributed by atoms with E-state index < -0.39 is 12.4 Å². The number of aromatic nitrogens is 4. The first-order chi connectivity index (χ1) is 22.9. The molecule has 3 heterocycles. The third-order valence-electron chi connectivity index (χ3n) is 8.54. The van der Waals surface area contributed by atoms with Gasteiger partial charge >= 0.3 is 12.1 Å². The normalized spacial score (nSPS) is 17.5. The smallest absolute Gasteiger partial charge is 0.415 e. The standard InChI is InChI=1S/C35H38N6O6/c1-3-29(42)40-20-10-13-26(21-40)41-33-30(31(39-41)24-16-18-28(19-17-24)47-27-14-8-5-9-15-27)32(36-22-37-33)38-35(44)46-23(2)45-34(43)25-11-6-4-7-12-25/h3,5,8-9,14-19,22-23,25-26H,1,4,6-7,10-13,20-21H2,2H3,(H,36,37,38,44)/t23-,26+/m0/s1. The number of piperidine rings is 1. The largest absolute Gasteiger partial charge is 0.457 e. The summed E-state index contributed by atoms with van der Waals surface area (Å²) in [5, 5.41) is 8.20. The molecule has 1 N–H and O–H groups in total. The first-order valence-electron chi connectivity index (χ1n) is 16.1. The molecule has 6 rings (SSSR count). The Morgan fingerprint density at radius 3 is 2.43 bits per heavy atom. The maximum atomic E-state index is 13.1. The predicted octanol–water partition coefficient (Wildman–Crippen LogP) is 6.65. The summed E-state index contributed by atoms with van der Waals surface area (Å²) in [4.78, 5) is 48.8. The molecule has 12 nitrogen and oxygen atoms in total. The fourth-order valence-electron chi connectivity index (χ4n) is 6.21. The number of ether oxygens (including phenoxy) is 3. The molecular formula is C35H38N6O6. The van der Waals surface area contributed by atoms with Gasteiger partial charge < -0.3 is 19.1 Å². The lowest BCUT2D eigenvalue weighted by Crippen LogP contribution is -2.40. The van der Waals surface area contributed by atoms with E-state index in [-0.39, 0.29) is 29.7 Å². The maximum Gasteiger partial charge on any atom is 0.415 e. The summed E-state index contributed by atoms with van der Waals surface area (Å²) in [6, 6.07) is 16.7. The molecule has 2 aromatic heterocycles. The second kappa shape index (κ2) is 14.4. The predicted molar refractivity (Wildman–Crippen MR) is 175 cm³/mol. The molecule has 1 aliphatic heterocycles. The van der Waals surface area contributed by atoms with Crippen LogP contribution in [0.25, 0.3) is 22.3 Å². The number of esters is 1. The van der Waals surface area contributed by atoms with E-state index in [1.165, 1.54) is 19.3 Å². The van der Waals surface area contributed by atoms with Crippen molar-refractivity contribution < 1.29 is 28.6 Å². The molecule has 244 valence electrons. The van der Waals surface area contributed by atoms with Crippen molar-refractivity contribution in [1.29, 1.82) is 0 Å². The maximum absolute atomic E-state index is 13.1. The Labute approximate surface area is 272 Å². The number of hydrogen-bond acceptors (Lipinski definition) is 9. The van der Waals surface area contributed by atoms with Gasteiger partial charge in [0, 0.05) is 25.6 Å². The van der Waals surface area contributed by atoms with Gasteiger partial charge in [-0.2, -0.15) is 5.10 Å². The lowest BCUT2D eigenvalue weighted by Gasteiger charge is -2.32. The minimum Gasteiger partial charge on any atom is -0.457 e. The lowest BCUT2D eigenvalue weighted by atomic mass is 9.89. The van der Waals surface area contributed by atoms with Crippen molar-refractivity contribution in [2.45, 2.75) is 64.2 Å². The van der Waals surface area contributed by atoms with Crippen LogP contribution < -0.4 is 10.1 Å². The third-order valence-corrected chi connectivity index (χ3v) is 8.54. The van der Waals surface area contributed by atoms with Crippen LogP contribution in [0.3, 0.4) is 0 Å². The highest BCUT2D eigenvalue weighted by Crippen LogP contribution is 2.36. The zero-order valence-corrected chi connectivity index (χ0v) is 26.3. The van der Waals surface area contributed by atoms with E-state index in [4.69, 9.17) is 19.3 Å². The SMILES string of the molecule is C=CC(=O)N1CCC[C@@H](n2nc(-c3ccc(Oc4ccccc4)cc3)c3c(NC(=O)O[C@@H](C)OC(=O)C4CCCCC4)ncnc32)C1. The van der Waals surface area contributed by atoms with Crippen molar-refractivity contribution in [3.05, 3.63) is 73.6 Å². The van der Waals surface area contributed by atoms with E-state index in [2.05, 4.69) is 21.9 Å². The summed E-state index contributed by atoms with van der Waals surface area (Å²) in [7, 11) is 0. The zero-order chi connectivity index (χ0) is 32.8. The van der Waals surface area contributed by atoms with Crippen molar-refractivity contribution in [3.8, 4) is 22.8 Å². The number of amides is 2. The molecule has 2 aromatic carbocycles. The van der Waals surface area contributed by atoms with Crippen LogP contribution in [0.15, 0.2) is 73.6 Å². The van der Waals surface area contributed by atoms with Gasteiger partial charge in [0.1, 0.15) is 23.5 Å². The fraction of sp³-hybridized carbons (Fsp3) is 0.371. The van der Waals surface area contributed by atoms with Crippen LogP contribution in [0.1, 0.15) is 57.9 Å². The van der Waals surface area contributed by atoms with Crippen molar-refractivity contribution in [3.63, 3.8) is 0 Å². The van der Waals surface area contributed by atoms with Crippen molar-refractivity contribution >= 4 is 34.8 Å². The number of anilines is 1. The molecule has 2 aliphatic rings. The van der Waals surface area contributed by atoms with Gasteiger partial charge in [-0.25, -0.2) is 19.4 Å². The molecule has 1 saturated carbocycles. The van der Waals surface area contributed by atoms with E-state index >= 15 is 0 Å². The number of likely N-dealkylation sites (tertiary alicyclic amines) is 1. The van der Waals surface area contributed by atoms with E-state index in [1.54, 1.807) is 9.58 Å². The van der Waals surface area contributed by atoms with Crippen molar-refractivity contribution in [2.24, 2.45) is 5.92 Å². The number of fused-ring (bicyclic) bond motifs is 1. The number of carbonyl (C=O) groups is 3. The number of hydrogen-bond donors (Lipinski definition) is 1. The Hall–Kier alpha value is -5.26. The molecular weight excluding hydrogens is 600 g/mol. The molecule has 0 bridgehead atoms. The molecule has 4 aromatic rings.